The van der Waals surface area contributed by atoms with Gasteiger partial charge in [-0.25, -0.2) is 0 Å². The van der Waals surface area contributed by atoms with Crippen LogP contribution in [0.3, 0.4) is 0 Å². The van der Waals surface area contributed by atoms with Crippen molar-refractivity contribution in [1.29, 1.82) is 0 Å². The summed E-state index contributed by atoms with van der Waals surface area (Å²) in [6, 6.07) is 8.31. The molecule has 1 aliphatic rings. The Bertz CT molecular complexity index is 354. The van der Waals surface area contributed by atoms with Crippen molar-refractivity contribution in [2.75, 3.05) is 50.6 Å². The third-order valence-electron chi connectivity index (χ3n) is 3.42. The highest BCUT2D eigenvalue weighted by Crippen LogP contribution is 2.20. The summed E-state index contributed by atoms with van der Waals surface area (Å²) in [4.78, 5) is 4.92. The van der Waals surface area contributed by atoms with Gasteiger partial charge in [-0.3, -0.25) is 4.90 Å². The molecule has 0 bridgehead atoms. The van der Waals surface area contributed by atoms with Crippen molar-refractivity contribution in [1.82, 2.24) is 4.90 Å². The van der Waals surface area contributed by atoms with Gasteiger partial charge in [0.25, 0.3) is 0 Å². The second-order valence-electron chi connectivity index (χ2n) is 4.57. The molecular formula is C14H23Cl3N2O. The quantitative estimate of drug-likeness (QED) is 0.764. The van der Waals surface area contributed by atoms with E-state index in [4.69, 9.17) is 16.3 Å². The first-order valence-electron chi connectivity index (χ1n) is 6.51. The fraction of sp³-hybridized carbons (Fsp3) is 0.571. The minimum Gasteiger partial charge on any atom is -0.497 e. The molecule has 0 radical (unpaired) electrons. The molecule has 1 aliphatic heterocycles. The molecule has 1 fully saturated rings. The highest BCUT2D eigenvalue weighted by atomic mass is 35.5. The van der Waals surface area contributed by atoms with Gasteiger partial charge in [0.05, 0.1) is 7.11 Å². The molecule has 1 aromatic rings. The van der Waals surface area contributed by atoms with Crippen molar-refractivity contribution in [3.63, 3.8) is 0 Å². The lowest BCUT2D eigenvalue weighted by Gasteiger charge is -2.36. The lowest BCUT2D eigenvalue weighted by molar-refractivity contribution is 0.259. The lowest BCUT2D eigenvalue weighted by atomic mass is 10.2. The number of alkyl halides is 1. The molecular weight excluding hydrogens is 319 g/mol. The number of halogens is 3. The van der Waals surface area contributed by atoms with Gasteiger partial charge in [-0.1, -0.05) is 0 Å². The smallest absolute Gasteiger partial charge is 0.119 e. The normalized spacial score (nSPS) is 15.2. The van der Waals surface area contributed by atoms with Crippen LogP contribution in [0.2, 0.25) is 0 Å². The molecule has 2 rings (SSSR count). The number of rotatable bonds is 5. The zero-order valence-corrected chi connectivity index (χ0v) is 14.1. The first-order valence-corrected chi connectivity index (χ1v) is 7.04. The maximum absolute atomic E-state index is 5.72. The summed E-state index contributed by atoms with van der Waals surface area (Å²) in [5.41, 5.74) is 1.28. The highest BCUT2D eigenvalue weighted by Gasteiger charge is 2.16. The molecule has 0 saturated carbocycles. The highest BCUT2D eigenvalue weighted by molar-refractivity contribution is 6.17. The maximum Gasteiger partial charge on any atom is 0.119 e. The summed E-state index contributed by atoms with van der Waals surface area (Å²) in [6.45, 7) is 5.56. The number of hydrogen-bond donors (Lipinski definition) is 0. The topological polar surface area (TPSA) is 15.7 Å². The van der Waals surface area contributed by atoms with E-state index in [1.54, 1.807) is 7.11 Å². The van der Waals surface area contributed by atoms with Gasteiger partial charge < -0.3 is 9.64 Å². The van der Waals surface area contributed by atoms with Crippen LogP contribution in [-0.2, 0) is 0 Å². The van der Waals surface area contributed by atoms with Crippen LogP contribution in [0.15, 0.2) is 24.3 Å². The predicted octanol–water partition coefficient (Wildman–Crippen LogP) is 3.29. The zero-order chi connectivity index (χ0) is 12.8. The number of ether oxygens (including phenoxy) is 1. The summed E-state index contributed by atoms with van der Waals surface area (Å²) in [6.07, 6.45) is 1.09. The molecule has 0 spiro atoms. The Morgan fingerprint density at radius 3 is 2.15 bits per heavy atom. The average molecular weight is 342 g/mol. The van der Waals surface area contributed by atoms with Gasteiger partial charge >= 0.3 is 0 Å². The molecule has 0 aliphatic carbocycles. The minimum atomic E-state index is 0. The fourth-order valence-electron chi connectivity index (χ4n) is 2.31. The van der Waals surface area contributed by atoms with Crippen LogP contribution in [0.25, 0.3) is 0 Å². The Morgan fingerprint density at radius 1 is 1.05 bits per heavy atom. The van der Waals surface area contributed by atoms with Crippen molar-refractivity contribution in [3.8, 4) is 5.75 Å². The molecule has 6 heteroatoms. The molecule has 3 nitrogen and oxygen atoms in total. The van der Waals surface area contributed by atoms with Gasteiger partial charge in [0.15, 0.2) is 0 Å². The minimum absolute atomic E-state index is 0. The van der Waals surface area contributed by atoms with Crippen LogP contribution in [-0.4, -0.2) is 50.6 Å². The maximum atomic E-state index is 5.72. The van der Waals surface area contributed by atoms with Gasteiger partial charge in [0, 0.05) is 37.7 Å². The van der Waals surface area contributed by atoms with Crippen molar-refractivity contribution in [2.24, 2.45) is 0 Å². The first-order chi connectivity index (χ1) is 8.83. The Balaban J connectivity index is 0.00000180. The molecule has 0 N–H and O–H groups in total. The van der Waals surface area contributed by atoms with E-state index in [1.807, 2.05) is 12.1 Å². The molecule has 116 valence electrons. The van der Waals surface area contributed by atoms with Crippen LogP contribution in [0.4, 0.5) is 5.69 Å². The van der Waals surface area contributed by atoms with Crippen LogP contribution in [0.5, 0.6) is 5.75 Å². The summed E-state index contributed by atoms with van der Waals surface area (Å²) in [7, 11) is 1.70. The number of anilines is 1. The molecule has 0 atom stereocenters. The van der Waals surface area contributed by atoms with Gasteiger partial charge in [-0.2, -0.15) is 0 Å². The molecule has 0 amide bonds. The van der Waals surface area contributed by atoms with Gasteiger partial charge in [-0.15, -0.1) is 36.4 Å². The van der Waals surface area contributed by atoms with Crippen molar-refractivity contribution < 1.29 is 4.74 Å². The van der Waals surface area contributed by atoms with Crippen molar-refractivity contribution >= 4 is 42.1 Å². The molecule has 0 aromatic heterocycles. The van der Waals surface area contributed by atoms with Crippen LogP contribution >= 0.6 is 36.4 Å². The van der Waals surface area contributed by atoms with E-state index in [2.05, 4.69) is 21.9 Å². The number of hydrogen-bond acceptors (Lipinski definition) is 3. The van der Waals surface area contributed by atoms with Crippen molar-refractivity contribution in [2.45, 2.75) is 6.42 Å². The average Bonchev–Trinajstić information content (AvgIpc) is 2.46. The monoisotopic (exact) mass is 340 g/mol. The number of methoxy groups -OCH3 is 1. The number of nitrogens with zero attached hydrogens (tertiary/aromatic N) is 2. The van der Waals surface area contributed by atoms with Gasteiger partial charge in [-0.05, 0) is 37.2 Å². The Kier molecular flexibility index (Phi) is 10.2. The summed E-state index contributed by atoms with van der Waals surface area (Å²) in [5, 5.41) is 0. The van der Waals surface area contributed by atoms with E-state index in [9.17, 15) is 0 Å². The second-order valence-corrected chi connectivity index (χ2v) is 4.95. The van der Waals surface area contributed by atoms with E-state index < -0.39 is 0 Å². The molecule has 0 unspecified atom stereocenters. The molecule has 20 heavy (non-hydrogen) atoms. The van der Waals surface area contributed by atoms with E-state index in [1.165, 1.54) is 5.69 Å². The largest absolute Gasteiger partial charge is 0.497 e. The zero-order valence-electron chi connectivity index (χ0n) is 11.8. The predicted molar refractivity (Wildman–Crippen MR) is 91.5 cm³/mol. The Hall–Kier alpha value is -0.350. The number of benzene rings is 1. The van der Waals surface area contributed by atoms with Crippen LogP contribution < -0.4 is 9.64 Å². The molecule has 1 aromatic carbocycles. The SMILES string of the molecule is COc1ccc(N2CCN(CCCCl)CC2)cc1.Cl.Cl. The van der Waals surface area contributed by atoms with Crippen LogP contribution in [0.1, 0.15) is 6.42 Å². The van der Waals surface area contributed by atoms with E-state index in [-0.39, 0.29) is 24.8 Å². The molecule has 1 heterocycles. The summed E-state index contributed by atoms with van der Waals surface area (Å²) in [5.74, 6) is 1.68. The van der Waals surface area contributed by atoms with E-state index in [0.29, 0.717) is 0 Å². The first kappa shape index (κ1) is 19.7. The van der Waals surface area contributed by atoms with Gasteiger partial charge in [0.1, 0.15) is 5.75 Å². The number of piperazine rings is 1. The third-order valence-corrected chi connectivity index (χ3v) is 3.69. The van der Waals surface area contributed by atoms with Gasteiger partial charge in [0.2, 0.25) is 0 Å². The van der Waals surface area contributed by atoms with Crippen molar-refractivity contribution in [3.05, 3.63) is 24.3 Å². The standard InChI is InChI=1S/C14H21ClN2O.2ClH/c1-18-14-5-3-13(4-6-14)17-11-9-16(10-12-17)8-2-7-15;;/h3-6H,2,7-12H2,1H3;2*1H. The summed E-state index contributed by atoms with van der Waals surface area (Å²) >= 11 is 5.72. The fourth-order valence-corrected chi connectivity index (χ4v) is 2.43. The second kappa shape index (κ2) is 10.4. The Labute approximate surface area is 139 Å². The van der Waals surface area contributed by atoms with Crippen LogP contribution in [0, 0.1) is 0 Å². The summed E-state index contributed by atoms with van der Waals surface area (Å²) < 4.78 is 5.18. The Morgan fingerprint density at radius 2 is 1.65 bits per heavy atom. The lowest BCUT2D eigenvalue weighted by Crippen LogP contribution is -2.46. The van der Waals surface area contributed by atoms with E-state index >= 15 is 0 Å². The third kappa shape index (κ3) is 5.57. The molecule has 1 saturated heterocycles. The van der Waals surface area contributed by atoms with E-state index in [0.717, 1.165) is 50.8 Å².